The van der Waals surface area contributed by atoms with Gasteiger partial charge in [0, 0.05) is 18.2 Å². The first-order chi connectivity index (χ1) is 10.5. The van der Waals surface area contributed by atoms with Gasteiger partial charge in [0.05, 0.1) is 25.7 Å². The van der Waals surface area contributed by atoms with Crippen LogP contribution in [0.25, 0.3) is 0 Å². The first-order valence-corrected chi connectivity index (χ1v) is 7.52. The Hall–Kier alpha value is -1.95. The quantitative estimate of drug-likeness (QED) is 0.845. The number of aryl methyl sites for hydroxylation is 1. The molecule has 0 saturated carbocycles. The van der Waals surface area contributed by atoms with Gasteiger partial charge in [-0.1, -0.05) is 0 Å². The monoisotopic (exact) mass is 304 g/mol. The molecule has 2 atom stereocenters. The van der Waals surface area contributed by atoms with Gasteiger partial charge in [-0.2, -0.15) is 0 Å². The second-order valence-corrected chi connectivity index (χ2v) is 5.88. The third kappa shape index (κ3) is 2.47. The highest BCUT2D eigenvalue weighted by Crippen LogP contribution is 2.41. The van der Waals surface area contributed by atoms with E-state index in [2.05, 4.69) is 10.3 Å². The van der Waals surface area contributed by atoms with Crippen molar-refractivity contribution in [1.82, 2.24) is 4.98 Å². The maximum atomic E-state index is 11.8. The number of esters is 1. The first-order valence-electron chi connectivity index (χ1n) is 7.52. The summed E-state index contributed by atoms with van der Waals surface area (Å²) < 4.78 is 10.6. The summed E-state index contributed by atoms with van der Waals surface area (Å²) in [6.07, 6.45) is 1.96. The zero-order chi connectivity index (χ0) is 15.9. The molecule has 0 radical (unpaired) electrons. The molecule has 3 rings (SSSR count). The van der Waals surface area contributed by atoms with Gasteiger partial charge in [0.1, 0.15) is 5.82 Å². The lowest BCUT2D eigenvalue weighted by atomic mass is 9.83. The smallest absolute Gasteiger partial charge is 0.309 e. The van der Waals surface area contributed by atoms with Crippen LogP contribution in [0.15, 0.2) is 0 Å². The van der Waals surface area contributed by atoms with E-state index in [0.717, 1.165) is 28.8 Å². The Labute approximate surface area is 129 Å². The third-order valence-electron chi connectivity index (χ3n) is 4.43. The van der Waals surface area contributed by atoms with Crippen molar-refractivity contribution in [3.05, 3.63) is 22.4 Å². The number of carbonyl (C=O) groups excluding carboxylic acids is 2. The van der Waals surface area contributed by atoms with E-state index in [4.69, 9.17) is 9.47 Å². The van der Waals surface area contributed by atoms with Gasteiger partial charge < -0.3 is 14.8 Å². The Morgan fingerprint density at radius 1 is 1.36 bits per heavy atom. The van der Waals surface area contributed by atoms with Crippen LogP contribution < -0.4 is 5.32 Å². The highest BCUT2D eigenvalue weighted by molar-refractivity contribution is 5.89. The van der Waals surface area contributed by atoms with E-state index in [1.807, 2.05) is 6.92 Å². The van der Waals surface area contributed by atoms with Crippen LogP contribution in [0.4, 0.5) is 5.82 Å². The van der Waals surface area contributed by atoms with Crippen molar-refractivity contribution in [2.45, 2.75) is 45.8 Å². The van der Waals surface area contributed by atoms with Crippen LogP contribution in [0.3, 0.4) is 0 Å². The van der Waals surface area contributed by atoms with Gasteiger partial charge in [0.15, 0.2) is 0 Å². The standard InChI is InChI=1S/C16H20N2O4/c1-8-14-12(7-22-8)11-6-10(16(20)21-3)4-5-13(11)18-15(14)17-9(2)19/h8,10H,4-7H2,1-3H3,(H,17,18,19)/t8?,10-/m0/s1. The van der Waals surface area contributed by atoms with Crippen LogP contribution in [-0.4, -0.2) is 24.0 Å². The van der Waals surface area contributed by atoms with E-state index in [-0.39, 0.29) is 23.9 Å². The molecular weight excluding hydrogens is 284 g/mol. The number of hydrogen-bond acceptors (Lipinski definition) is 5. The summed E-state index contributed by atoms with van der Waals surface area (Å²) in [5.74, 6) is 0.169. The number of nitrogens with zero attached hydrogens (tertiary/aromatic N) is 1. The molecule has 0 saturated heterocycles. The molecule has 0 aromatic carbocycles. The van der Waals surface area contributed by atoms with Crippen LogP contribution in [-0.2, 0) is 38.5 Å². The first kappa shape index (κ1) is 15.0. The highest BCUT2D eigenvalue weighted by atomic mass is 16.5. The van der Waals surface area contributed by atoms with Gasteiger partial charge >= 0.3 is 5.97 Å². The summed E-state index contributed by atoms with van der Waals surface area (Å²) in [7, 11) is 1.42. The summed E-state index contributed by atoms with van der Waals surface area (Å²) >= 11 is 0. The SMILES string of the molecule is COC(=O)[C@H]1CCc2nc(NC(C)=O)c3c(c2C1)COC3C. The summed E-state index contributed by atoms with van der Waals surface area (Å²) in [6.45, 7) is 3.93. The van der Waals surface area contributed by atoms with Crippen LogP contribution in [0.2, 0.25) is 0 Å². The number of ether oxygens (including phenoxy) is 2. The van der Waals surface area contributed by atoms with Crippen LogP contribution in [0.1, 0.15) is 48.8 Å². The fraction of sp³-hybridized carbons (Fsp3) is 0.562. The van der Waals surface area contributed by atoms with Gasteiger partial charge in [-0.05, 0) is 37.3 Å². The van der Waals surface area contributed by atoms with E-state index < -0.39 is 0 Å². The van der Waals surface area contributed by atoms with Crippen LogP contribution >= 0.6 is 0 Å². The molecule has 22 heavy (non-hydrogen) atoms. The van der Waals surface area contributed by atoms with Crippen molar-refractivity contribution in [3.63, 3.8) is 0 Å². The minimum Gasteiger partial charge on any atom is -0.469 e. The average Bonchev–Trinajstić information content (AvgIpc) is 2.88. The maximum Gasteiger partial charge on any atom is 0.309 e. The number of rotatable bonds is 2. The molecule has 6 nitrogen and oxygen atoms in total. The Balaban J connectivity index is 2.04. The van der Waals surface area contributed by atoms with E-state index in [1.54, 1.807) is 0 Å². The molecule has 6 heteroatoms. The van der Waals surface area contributed by atoms with E-state index in [1.165, 1.54) is 14.0 Å². The predicted molar refractivity (Wildman–Crippen MR) is 79.3 cm³/mol. The molecule has 1 aliphatic heterocycles. The summed E-state index contributed by atoms with van der Waals surface area (Å²) in [5, 5.41) is 2.81. The van der Waals surface area contributed by atoms with Gasteiger partial charge in [-0.15, -0.1) is 0 Å². The van der Waals surface area contributed by atoms with Gasteiger partial charge in [-0.25, -0.2) is 4.98 Å². The lowest BCUT2D eigenvalue weighted by Crippen LogP contribution is -2.26. The molecule has 2 aliphatic rings. The Morgan fingerprint density at radius 2 is 2.14 bits per heavy atom. The summed E-state index contributed by atoms with van der Waals surface area (Å²) in [5.41, 5.74) is 4.07. The van der Waals surface area contributed by atoms with Gasteiger partial charge in [-0.3, -0.25) is 9.59 Å². The number of fused-ring (bicyclic) bond motifs is 3. The Bertz CT molecular complexity index is 642. The Kier molecular flexibility index (Phi) is 3.87. The molecule has 118 valence electrons. The van der Waals surface area contributed by atoms with E-state index >= 15 is 0 Å². The number of amides is 1. The lowest BCUT2D eigenvalue weighted by molar-refractivity contribution is -0.145. The van der Waals surface area contributed by atoms with Crippen molar-refractivity contribution in [3.8, 4) is 0 Å². The molecule has 1 unspecified atom stereocenters. The molecule has 2 heterocycles. The fourth-order valence-corrected chi connectivity index (χ4v) is 3.37. The van der Waals surface area contributed by atoms with Crippen LogP contribution in [0, 0.1) is 5.92 Å². The largest absolute Gasteiger partial charge is 0.469 e. The van der Waals surface area contributed by atoms with Crippen molar-refractivity contribution in [2.24, 2.45) is 5.92 Å². The molecular formula is C16H20N2O4. The number of nitrogens with one attached hydrogen (secondary N) is 1. The average molecular weight is 304 g/mol. The number of hydrogen-bond donors (Lipinski definition) is 1. The second kappa shape index (κ2) is 5.68. The predicted octanol–water partition coefficient (Wildman–Crippen LogP) is 1.91. The maximum absolute atomic E-state index is 11.8. The minimum atomic E-state index is -0.169. The van der Waals surface area contributed by atoms with Gasteiger partial charge in [0.25, 0.3) is 0 Å². The molecule has 1 amide bonds. The lowest BCUT2D eigenvalue weighted by Gasteiger charge is -2.25. The van der Waals surface area contributed by atoms with Crippen LogP contribution in [0.5, 0.6) is 0 Å². The van der Waals surface area contributed by atoms with E-state index in [9.17, 15) is 9.59 Å². The van der Waals surface area contributed by atoms with Crippen molar-refractivity contribution in [1.29, 1.82) is 0 Å². The zero-order valence-electron chi connectivity index (χ0n) is 13.1. The number of anilines is 1. The highest BCUT2D eigenvalue weighted by Gasteiger charge is 2.34. The fourth-order valence-electron chi connectivity index (χ4n) is 3.37. The molecule has 0 spiro atoms. The zero-order valence-corrected chi connectivity index (χ0v) is 13.1. The normalized spacial score (nSPS) is 22.7. The minimum absolute atomic E-state index is 0.104. The molecule has 1 aromatic heterocycles. The second-order valence-electron chi connectivity index (χ2n) is 5.88. The molecule has 1 aromatic rings. The third-order valence-corrected chi connectivity index (χ3v) is 4.43. The van der Waals surface area contributed by atoms with Gasteiger partial charge in [0.2, 0.25) is 5.91 Å². The molecule has 1 N–H and O–H groups in total. The van der Waals surface area contributed by atoms with Crippen molar-refractivity contribution in [2.75, 3.05) is 12.4 Å². The summed E-state index contributed by atoms with van der Waals surface area (Å²) in [6, 6.07) is 0. The number of methoxy groups -OCH3 is 1. The molecule has 0 fully saturated rings. The van der Waals surface area contributed by atoms with Crippen molar-refractivity contribution >= 4 is 17.7 Å². The molecule has 1 aliphatic carbocycles. The van der Waals surface area contributed by atoms with Crippen molar-refractivity contribution < 1.29 is 19.1 Å². The molecule has 0 bridgehead atoms. The van der Waals surface area contributed by atoms with E-state index in [0.29, 0.717) is 25.3 Å². The number of aromatic nitrogens is 1. The summed E-state index contributed by atoms with van der Waals surface area (Å²) in [4.78, 5) is 27.9. The number of carbonyl (C=O) groups is 2. The number of pyridine rings is 1. The topological polar surface area (TPSA) is 77.5 Å². The Morgan fingerprint density at radius 3 is 2.82 bits per heavy atom.